The SMILES string of the molecule is CCCCOC[C@H]1C[C@H](c2ccccc2)C(=O)CS1. The highest BCUT2D eigenvalue weighted by atomic mass is 32.2. The van der Waals surface area contributed by atoms with Gasteiger partial charge in [0.25, 0.3) is 0 Å². The fraction of sp³-hybridized carbons (Fsp3) is 0.562. The van der Waals surface area contributed by atoms with Crippen molar-refractivity contribution in [3.05, 3.63) is 35.9 Å². The summed E-state index contributed by atoms with van der Waals surface area (Å²) >= 11 is 1.75. The molecule has 1 aliphatic rings. The number of ether oxygens (including phenoxy) is 1. The first-order valence-corrected chi connectivity index (χ1v) is 8.13. The van der Waals surface area contributed by atoms with E-state index in [1.807, 2.05) is 18.2 Å². The number of hydrogen-bond acceptors (Lipinski definition) is 3. The molecular formula is C16H22O2S. The van der Waals surface area contributed by atoms with Gasteiger partial charge in [0.2, 0.25) is 0 Å². The van der Waals surface area contributed by atoms with Gasteiger partial charge >= 0.3 is 0 Å². The van der Waals surface area contributed by atoms with Crippen LogP contribution in [0.1, 0.15) is 37.7 Å². The first-order chi connectivity index (χ1) is 9.31. The second kappa shape index (κ2) is 7.71. The topological polar surface area (TPSA) is 26.3 Å². The largest absolute Gasteiger partial charge is 0.380 e. The van der Waals surface area contributed by atoms with Gasteiger partial charge in [-0.15, -0.1) is 11.8 Å². The van der Waals surface area contributed by atoms with E-state index in [9.17, 15) is 4.79 Å². The van der Waals surface area contributed by atoms with Gasteiger partial charge in [0, 0.05) is 17.8 Å². The Bertz CT molecular complexity index is 391. The zero-order valence-corrected chi connectivity index (χ0v) is 12.3. The van der Waals surface area contributed by atoms with Gasteiger partial charge in [0.1, 0.15) is 5.78 Å². The normalized spacial score (nSPS) is 23.5. The van der Waals surface area contributed by atoms with Crippen LogP contribution in [0, 0.1) is 0 Å². The van der Waals surface area contributed by atoms with Crippen LogP contribution in [0.5, 0.6) is 0 Å². The monoisotopic (exact) mass is 278 g/mol. The minimum atomic E-state index is 0.0715. The van der Waals surface area contributed by atoms with E-state index in [1.54, 1.807) is 11.8 Å². The molecule has 19 heavy (non-hydrogen) atoms. The Morgan fingerprint density at radius 1 is 1.32 bits per heavy atom. The van der Waals surface area contributed by atoms with E-state index in [4.69, 9.17) is 4.74 Å². The Morgan fingerprint density at radius 2 is 2.11 bits per heavy atom. The van der Waals surface area contributed by atoms with Gasteiger partial charge in [-0.25, -0.2) is 0 Å². The first-order valence-electron chi connectivity index (χ1n) is 7.08. The van der Waals surface area contributed by atoms with Crippen molar-refractivity contribution in [3.8, 4) is 0 Å². The molecule has 0 amide bonds. The smallest absolute Gasteiger partial charge is 0.150 e. The Kier molecular flexibility index (Phi) is 5.93. The van der Waals surface area contributed by atoms with Gasteiger partial charge < -0.3 is 4.74 Å². The molecule has 0 aromatic heterocycles. The summed E-state index contributed by atoms with van der Waals surface area (Å²) in [5.74, 6) is 1.06. The van der Waals surface area contributed by atoms with Crippen molar-refractivity contribution in [1.82, 2.24) is 0 Å². The highest BCUT2D eigenvalue weighted by Crippen LogP contribution is 2.34. The van der Waals surface area contributed by atoms with Gasteiger partial charge in [-0.1, -0.05) is 43.7 Å². The number of carbonyl (C=O) groups is 1. The Hall–Kier alpha value is -0.800. The number of ketones is 1. The molecule has 3 heteroatoms. The zero-order chi connectivity index (χ0) is 13.5. The molecule has 1 aliphatic heterocycles. The van der Waals surface area contributed by atoms with Crippen LogP contribution >= 0.6 is 11.8 Å². The van der Waals surface area contributed by atoms with Crippen LogP contribution in [0.4, 0.5) is 0 Å². The van der Waals surface area contributed by atoms with Gasteiger partial charge in [0.05, 0.1) is 12.4 Å². The summed E-state index contributed by atoms with van der Waals surface area (Å²) in [6, 6.07) is 10.1. The lowest BCUT2D eigenvalue weighted by molar-refractivity contribution is -0.118. The minimum absolute atomic E-state index is 0.0715. The number of carbonyl (C=O) groups excluding carboxylic acids is 1. The summed E-state index contributed by atoms with van der Waals surface area (Å²) < 4.78 is 5.70. The molecule has 1 aromatic carbocycles. The molecule has 1 saturated heterocycles. The van der Waals surface area contributed by atoms with Crippen LogP contribution < -0.4 is 0 Å². The summed E-state index contributed by atoms with van der Waals surface area (Å²) in [4.78, 5) is 12.1. The van der Waals surface area contributed by atoms with Gasteiger partial charge in [-0.3, -0.25) is 4.79 Å². The molecule has 1 heterocycles. The predicted octanol–water partition coefficient (Wildman–Crippen LogP) is 3.66. The van der Waals surface area contributed by atoms with Gasteiger partial charge in [0.15, 0.2) is 0 Å². The van der Waals surface area contributed by atoms with Crippen molar-refractivity contribution in [3.63, 3.8) is 0 Å². The minimum Gasteiger partial charge on any atom is -0.380 e. The fourth-order valence-electron chi connectivity index (χ4n) is 2.35. The predicted molar refractivity (Wildman–Crippen MR) is 80.8 cm³/mol. The van der Waals surface area contributed by atoms with E-state index in [-0.39, 0.29) is 5.92 Å². The number of hydrogen-bond donors (Lipinski definition) is 0. The number of thioether (sulfide) groups is 1. The van der Waals surface area contributed by atoms with Crippen molar-refractivity contribution in [2.45, 2.75) is 37.4 Å². The van der Waals surface area contributed by atoms with Crippen molar-refractivity contribution >= 4 is 17.5 Å². The molecule has 0 spiro atoms. The van der Waals surface area contributed by atoms with E-state index in [0.717, 1.165) is 31.6 Å². The van der Waals surface area contributed by atoms with Crippen LogP contribution in [0.3, 0.4) is 0 Å². The fourth-order valence-corrected chi connectivity index (χ4v) is 3.47. The summed E-state index contributed by atoms with van der Waals surface area (Å²) in [6.07, 6.45) is 3.21. The average Bonchev–Trinajstić information content (AvgIpc) is 2.46. The Morgan fingerprint density at radius 3 is 2.84 bits per heavy atom. The van der Waals surface area contributed by atoms with Crippen LogP contribution in [0.25, 0.3) is 0 Å². The second-order valence-corrected chi connectivity index (χ2v) is 6.32. The average molecular weight is 278 g/mol. The highest BCUT2D eigenvalue weighted by molar-refractivity contribution is 8.00. The third-order valence-corrected chi connectivity index (χ3v) is 4.75. The lowest BCUT2D eigenvalue weighted by atomic mass is 9.90. The van der Waals surface area contributed by atoms with Crippen LogP contribution in [0.2, 0.25) is 0 Å². The molecular weight excluding hydrogens is 256 g/mol. The number of unbranched alkanes of at least 4 members (excludes halogenated alkanes) is 1. The maximum atomic E-state index is 12.1. The van der Waals surface area contributed by atoms with Gasteiger partial charge in [-0.2, -0.15) is 0 Å². The summed E-state index contributed by atoms with van der Waals surface area (Å²) in [6.45, 7) is 3.79. The summed E-state index contributed by atoms with van der Waals surface area (Å²) in [7, 11) is 0. The molecule has 104 valence electrons. The van der Waals surface area contributed by atoms with E-state index >= 15 is 0 Å². The molecule has 0 unspecified atom stereocenters. The molecule has 0 radical (unpaired) electrons. The molecule has 1 aromatic rings. The van der Waals surface area contributed by atoms with E-state index < -0.39 is 0 Å². The molecule has 0 aliphatic carbocycles. The standard InChI is InChI=1S/C16H22O2S/c1-2-3-9-18-11-14-10-15(16(17)12-19-14)13-7-5-4-6-8-13/h4-8,14-15H,2-3,9-12H2,1H3/t14-,15-/m1/s1. The van der Waals surface area contributed by atoms with Crippen molar-refractivity contribution in [2.24, 2.45) is 0 Å². The molecule has 1 fully saturated rings. The summed E-state index contributed by atoms with van der Waals surface area (Å²) in [5.41, 5.74) is 1.16. The number of benzene rings is 1. The van der Waals surface area contributed by atoms with E-state index in [0.29, 0.717) is 16.8 Å². The van der Waals surface area contributed by atoms with Crippen molar-refractivity contribution in [2.75, 3.05) is 19.0 Å². The maximum absolute atomic E-state index is 12.1. The number of rotatable bonds is 6. The van der Waals surface area contributed by atoms with Crippen molar-refractivity contribution in [1.29, 1.82) is 0 Å². The quantitative estimate of drug-likeness (QED) is 0.743. The molecule has 0 saturated carbocycles. The molecule has 2 rings (SSSR count). The first kappa shape index (κ1) is 14.6. The molecule has 0 bridgehead atoms. The maximum Gasteiger partial charge on any atom is 0.150 e. The molecule has 2 nitrogen and oxygen atoms in total. The van der Waals surface area contributed by atoms with Crippen LogP contribution in [-0.4, -0.2) is 30.0 Å². The third-order valence-electron chi connectivity index (χ3n) is 3.50. The second-order valence-electron chi connectivity index (χ2n) is 5.03. The Balaban J connectivity index is 1.88. The van der Waals surface area contributed by atoms with Crippen LogP contribution in [-0.2, 0) is 9.53 Å². The molecule has 0 N–H and O–H groups in total. The van der Waals surface area contributed by atoms with Gasteiger partial charge in [-0.05, 0) is 18.4 Å². The van der Waals surface area contributed by atoms with E-state index in [1.165, 1.54) is 6.42 Å². The Labute approximate surface area is 119 Å². The molecule has 2 atom stereocenters. The van der Waals surface area contributed by atoms with Crippen molar-refractivity contribution < 1.29 is 9.53 Å². The third kappa shape index (κ3) is 4.36. The van der Waals surface area contributed by atoms with E-state index in [2.05, 4.69) is 19.1 Å². The highest BCUT2D eigenvalue weighted by Gasteiger charge is 2.30. The lowest BCUT2D eigenvalue weighted by Gasteiger charge is -2.27. The van der Waals surface area contributed by atoms with Crippen LogP contribution in [0.15, 0.2) is 30.3 Å². The zero-order valence-electron chi connectivity index (χ0n) is 11.5. The lowest BCUT2D eigenvalue weighted by Crippen LogP contribution is -2.29. The number of Topliss-reactive ketones (excluding diaryl/α,β-unsaturated/α-hetero) is 1. The summed E-state index contributed by atoms with van der Waals surface area (Å²) in [5, 5.41) is 0.458.